The van der Waals surface area contributed by atoms with Crippen molar-refractivity contribution < 1.29 is 14.4 Å². The average molecular weight is 611 g/mol. The molecule has 3 aromatic carbocycles. The summed E-state index contributed by atoms with van der Waals surface area (Å²) in [5.74, 6) is -0.511. The standard InChI is InChI=1S/C38H50N4O3/c1-25-15-14-19-29(21-25)39-36(45)40-31-22-28(30-20-13-12-16-26(30)2)23-32(27-17-10-9-11-18-27)42(34(31)44)24-33(43)41-35(37(3,4)5)38(6,7)8/h9-21,28,31-32,35H,22-24H2,1-8H3,(H,41,43)(H2,39,40,45)/t28-,31+,32+/m0/s1. The van der Waals surface area contributed by atoms with E-state index in [0.29, 0.717) is 18.5 Å². The van der Waals surface area contributed by atoms with Crippen molar-refractivity contribution in [2.24, 2.45) is 10.8 Å². The van der Waals surface area contributed by atoms with Crippen LogP contribution in [0.25, 0.3) is 0 Å². The lowest BCUT2D eigenvalue weighted by Gasteiger charge is -2.42. The number of carbonyl (C=O) groups excluding carboxylic acids is 3. The van der Waals surface area contributed by atoms with E-state index in [-0.39, 0.29) is 47.2 Å². The molecule has 1 aliphatic rings. The van der Waals surface area contributed by atoms with Gasteiger partial charge in [-0.2, -0.15) is 0 Å². The Morgan fingerprint density at radius 3 is 2.11 bits per heavy atom. The van der Waals surface area contributed by atoms with Crippen molar-refractivity contribution in [3.63, 3.8) is 0 Å². The minimum atomic E-state index is -0.832. The molecule has 0 radical (unpaired) electrons. The van der Waals surface area contributed by atoms with E-state index in [4.69, 9.17) is 0 Å². The summed E-state index contributed by atoms with van der Waals surface area (Å²) in [4.78, 5) is 43.4. The number of amides is 4. The lowest BCUT2D eigenvalue weighted by Crippen LogP contribution is -2.56. The molecule has 4 amide bonds. The Balaban J connectivity index is 1.72. The molecule has 1 fully saturated rings. The molecule has 240 valence electrons. The van der Waals surface area contributed by atoms with Crippen molar-refractivity contribution in [3.8, 4) is 0 Å². The van der Waals surface area contributed by atoms with Crippen LogP contribution in [0.2, 0.25) is 0 Å². The Hall–Kier alpha value is -4.13. The van der Waals surface area contributed by atoms with E-state index < -0.39 is 12.1 Å². The van der Waals surface area contributed by atoms with Crippen LogP contribution in [-0.2, 0) is 9.59 Å². The van der Waals surface area contributed by atoms with E-state index in [0.717, 1.165) is 22.3 Å². The van der Waals surface area contributed by atoms with Crippen LogP contribution in [0.4, 0.5) is 10.5 Å². The Labute approximate surface area is 269 Å². The summed E-state index contributed by atoms with van der Waals surface area (Å²) in [5, 5.41) is 9.15. The van der Waals surface area contributed by atoms with Gasteiger partial charge >= 0.3 is 6.03 Å². The van der Waals surface area contributed by atoms with Crippen LogP contribution in [0, 0.1) is 24.7 Å². The second-order valence-corrected chi connectivity index (χ2v) is 14.7. The topological polar surface area (TPSA) is 90.5 Å². The molecule has 1 saturated heterocycles. The minimum Gasteiger partial charge on any atom is -0.351 e. The number of aryl methyl sites for hydroxylation is 2. The SMILES string of the molecule is Cc1cccc(NC(=O)N[C@@H]2C[C@H](c3ccccc3C)C[C@H](c3ccccc3)N(CC(=O)NC(C(C)(C)C)C(C)(C)C)C2=O)c1. The predicted octanol–water partition coefficient (Wildman–Crippen LogP) is 7.52. The molecular formula is C38H50N4O3. The molecule has 3 atom stereocenters. The van der Waals surface area contributed by atoms with E-state index in [1.165, 1.54) is 0 Å². The Morgan fingerprint density at radius 2 is 1.49 bits per heavy atom. The van der Waals surface area contributed by atoms with Gasteiger partial charge in [-0.3, -0.25) is 9.59 Å². The maximum absolute atomic E-state index is 14.6. The maximum atomic E-state index is 14.6. The van der Waals surface area contributed by atoms with Gasteiger partial charge < -0.3 is 20.9 Å². The Bertz CT molecular complexity index is 1470. The summed E-state index contributed by atoms with van der Waals surface area (Å²) in [5.41, 5.74) is 4.53. The molecule has 3 aromatic rings. The Morgan fingerprint density at radius 1 is 0.844 bits per heavy atom. The first-order valence-electron chi connectivity index (χ1n) is 16.0. The van der Waals surface area contributed by atoms with E-state index in [1.54, 1.807) is 4.90 Å². The van der Waals surface area contributed by atoms with Crippen molar-refractivity contribution in [1.82, 2.24) is 15.5 Å². The summed E-state index contributed by atoms with van der Waals surface area (Å²) < 4.78 is 0. The predicted molar refractivity (Wildman–Crippen MR) is 182 cm³/mol. The third-order valence-electron chi connectivity index (χ3n) is 8.73. The van der Waals surface area contributed by atoms with E-state index in [1.807, 2.05) is 73.7 Å². The highest BCUT2D eigenvalue weighted by Crippen LogP contribution is 2.40. The third kappa shape index (κ3) is 8.74. The molecule has 45 heavy (non-hydrogen) atoms. The van der Waals surface area contributed by atoms with Gasteiger partial charge in [-0.05, 0) is 77.8 Å². The summed E-state index contributed by atoms with van der Waals surface area (Å²) in [7, 11) is 0. The van der Waals surface area contributed by atoms with Gasteiger partial charge in [0, 0.05) is 11.7 Å². The highest BCUT2D eigenvalue weighted by molar-refractivity contribution is 5.95. The molecule has 0 spiro atoms. The number of rotatable bonds is 7. The number of carbonyl (C=O) groups is 3. The number of urea groups is 1. The second kappa shape index (κ2) is 13.9. The molecule has 4 rings (SSSR count). The largest absolute Gasteiger partial charge is 0.351 e. The lowest BCUT2D eigenvalue weighted by molar-refractivity contribution is -0.140. The molecule has 0 aromatic heterocycles. The van der Waals surface area contributed by atoms with E-state index in [2.05, 4.69) is 76.5 Å². The van der Waals surface area contributed by atoms with Crippen molar-refractivity contribution in [1.29, 1.82) is 0 Å². The fourth-order valence-corrected chi connectivity index (χ4v) is 6.97. The van der Waals surface area contributed by atoms with Crippen molar-refractivity contribution in [2.75, 3.05) is 11.9 Å². The van der Waals surface area contributed by atoms with E-state index in [9.17, 15) is 14.4 Å². The number of hydrogen-bond acceptors (Lipinski definition) is 3. The van der Waals surface area contributed by atoms with Crippen LogP contribution in [0.1, 0.15) is 88.6 Å². The number of nitrogens with one attached hydrogen (secondary N) is 3. The van der Waals surface area contributed by atoms with Gasteiger partial charge in [-0.1, -0.05) is 108 Å². The Kier molecular flexibility index (Phi) is 10.4. The fraction of sp³-hybridized carbons (Fsp3) is 0.447. The van der Waals surface area contributed by atoms with E-state index >= 15 is 0 Å². The second-order valence-electron chi connectivity index (χ2n) is 14.7. The van der Waals surface area contributed by atoms with Crippen LogP contribution < -0.4 is 16.0 Å². The molecule has 7 heteroatoms. The van der Waals surface area contributed by atoms with Crippen LogP contribution in [0.15, 0.2) is 78.9 Å². The number of benzene rings is 3. The van der Waals surface area contributed by atoms with Gasteiger partial charge in [0.2, 0.25) is 11.8 Å². The van der Waals surface area contributed by atoms with Gasteiger partial charge in [0.25, 0.3) is 0 Å². The first kappa shape index (κ1) is 33.8. The molecule has 0 bridgehead atoms. The first-order chi connectivity index (χ1) is 21.1. The molecule has 0 aliphatic carbocycles. The van der Waals surface area contributed by atoms with Gasteiger partial charge in [-0.15, -0.1) is 0 Å². The third-order valence-corrected chi connectivity index (χ3v) is 8.73. The molecular weight excluding hydrogens is 560 g/mol. The summed E-state index contributed by atoms with van der Waals surface area (Å²) >= 11 is 0. The number of likely N-dealkylation sites (tertiary alicyclic amines) is 1. The first-order valence-corrected chi connectivity index (χ1v) is 16.0. The lowest BCUT2D eigenvalue weighted by atomic mass is 9.72. The quantitative estimate of drug-likeness (QED) is 0.259. The summed E-state index contributed by atoms with van der Waals surface area (Å²) in [6, 6.07) is 23.9. The summed E-state index contributed by atoms with van der Waals surface area (Å²) in [6.07, 6.45) is 1.03. The van der Waals surface area contributed by atoms with Gasteiger partial charge in [0.1, 0.15) is 12.6 Å². The van der Waals surface area contributed by atoms with Crippen LogP contribution >= 0.6 is 0 Å². The zero-order valence-corrected chi connectivity index (χ0v) is 28.1. The molecule has 0 saturated carbocycles. The summed E-state index contributed by atoms with van der Waals surface area (Å²) in [6.45, 7) is 16.6. The van der Waals surface area contributed by atoms with Crippen LogP contribution in [0.3, 0.4) is 0 Å². The maximum Gasteiger partial charge on any atom is 0.319 e. The minimum absolute atomic E-state index is 0.0328. The van der Waals surface area contributed by atoms with Gasteiger partial charge in [0.05, 0.1) is 6.04 Å². The van der Waals surface area contributed by atoms with Gasteiger partial charge in [-0.25, -0.2) is 4.79 Å². The van der Waals surface area contributed by atoms with Crippen molar-refractivity contribution >= 4 is 23.5 Å². The molecule has 1 aliphatic heterocycles. The fourth-order valence-electron chi connectivity index (χ4n) is 6.97. The normalized spacial score (nSPS) is 19.2. The number of hydrogen-bond donors (Lipinski definition) is 3. The zero-order chi connectivity index (χ0) is 32.9. The smallest absolute Gasteiger partial charge is 0.319 e. The van der Waals surface area contributed by atoms with Crippen molar-refractivity contribution in [2.45, 2.75) is 92.3 Å². The zero-order valence-electron chi connectivity index (χ0n) is 28.1. The molecule has 7 nitrogen and oxygen atoms in total. The van der Waals surface area contributed by atoms with Crippen LogP contribution in [0.5, 0.6) is 0 Å². The molecule has 0 unspecified atom stereocenters. The van der Waals surface area contributed by atoms with Crippen molar-refractivity contribution in [3.05, 3.63) is 101 Å². The monoisotopic (exact) mass is 610 g/mol. The molecule has 3 N–H and O–H groups in total. The molecule has 1 heterocycles. The highest BCUT2D eigenvalue weighted by Gasteiger charge is 2.41. The van der Waals surface area contributed by atoms with Crippen LogP contribution in [-0.4, -0.2) is 41.4 Å². The number of nitrogens with zero attached hydrogens (tertiary/aromatic N) is 1. The highest BCUT2D eigenvalue weighted by atomic mass is 16.2. The average Bonchev–Trinajstić information content (AvgIpc) is 3.08. The number of anilines is 1. The van der Waals surface area contributed by atoms with Gasteiger partial charge in [0.15, 0.2) is 0 Å².